The molecule has 0 unspecified atom stereocenters. The molecule has 2 aliphatic heterocycles. The van der Waals surface area contributed by atoms with Crippen molar-refractivity contribution in [3.8, 4) is 0 Å². The van der Waals surface area contributed by atoms with Crippen LogP contribution in [-0.4, -0.2) is 78.2 Å². The summed E-state index contributed by atoms with van der Waals surface area (Å²) in [5.41, 5.74) is 5.96. The summed E-state index contributed by atoms with van der Waals surface area (Å²) < 4.78 is 0. The number of rotatable bonds is 4. The highest BCUT2D eigenvalue weighted by atomic mass is 35.5. The summed E-state index contributed by atoms with van der Waals surface area (Å²) in [4.78, 5) is 41.9. The van der Waals surface area contributed by atoms with Gasteiger partial charge in [-0.15, -0.1) is 0 Å². The SMILES string of the molecule is NC(=O)C1CCN(C(=O)CN2CCN(C(=O)c3ccc(Cl)cc3)CC2)CC1. The number of likely N-dealkylation sites (tertiary alicyclic amines) is 1. The Morgan fingerprint density at radius 2 is 1.52 bits per heavy atom. The van der Waals surface area contributed by atoms with E-state index in [1.807, 2.05) is 9.80 Å². The van der Waals surface area contributed by atoms with Crippen LogP contribution in [-0.2, 0) is 9.59 Å². The van der Waals surface area contributed by atoms with Gasteiger partial charge in [-0.1, -0.05) is 11.6 Å². The fourth-order valence-corrected chi connectivity index (χ4v) is 3.71. The van der Waals surface area contributed by atoms with Gasteiger partial charge in [-0.25, -0.2) is 0 Å². The molecule has 7 nitrogen and oxygen atoms in total. The Morgan fingerprint density at radius 1 is 0.926 bits per heavy atom. The molecular weight excluding hydrogens is 368 g/mol. The molecule has 0 atom stereocenters. The Morgan fingerprint density at radius 3 is 2.07 bits per heavy atom. The average molecular weight is 393 g/mol. The van der Waals surface area contributed by atoms with Gasteiger partial charge in [0.25, 0.3) is 5.91 Å². The van der Waals surface area contributed by atoms with Crippen molar-refractivity contribution in [2.24, 2.45) is 11.7 Å². The van der Waals surface area contributed by atoms with Crippen LogP contribution in [0.1, 0.15) is 23.2 Å². The van der Waals surface area contributed by atoms with E-state index in [9.17, 15) is 14.4 Å². The molecule has 8 heteroatoms. The predicted octanol–water partition coefficient (Wildman–Crippen LogP) is 0.822. The predicted molar refractivity (Wildman–Crippen MR) is 102 cm³/mol. The smallest absolute Gasteiger partial charge is 0.253 e. The molecular formula is C19H25ClN4O3. The van der Waals surface area contributed by atoms with Gasteiger partial charge in [-0.05, 0) is 37.1 Å². The number of nitrogens with zero attached hydrogens (tertiary/aromatic N) is 3. The van der Waals surface area contributed by atoms with E-state index in [1.165, 1.54) is 0 Å². The molecule has 2 N–H and O–H groups in total. The number of carbonyl (C=O) groups excluding carboxylic acids is 3. The number of benzene rings is 1. The minimum absolute atomic E-state index is 0.00818. The van der Waals surface area contributed by atoms with Crippen LogP contribution in [0, 0.1) is 5.92 Å². The number of piperidine rings is 1. The average Bonchev–Trinajstić information content (AvgIpc) is 2.68. The molecule has 27 heavy (non-hydrogen) atoms. The fourth-order valence-electron chi connectivity index (χ4n) is 3.59. The van der Waals surface area contributed by atoms with Gasteiger partial charge in [0.05, 0.1) is 6.54 Å². The van der Waals surface area contributed by atoms with Gasteiger partial charge < -0.3 is 15.5 Å². The van der Waals surface area contributed by atoms with Crippen LogP contribution >= 0.6 is 11.6 Å². The summed E-state index contributed by atoms with van der Waals surface area (Å²) in [6, 6.07) is 6.89. The van der Waals surface area contributed by atoms with Crippen LogP contribution in [0.15, 0.2) is 24.3 Å². The number of hydrogen-bond donors (Lipinski definition) is 1. The maximum absolute atomic E-state index is 12.5. The largest absolute Gasteiger partial charge is 0.369 e. The summed E-state index contributed by atoms with van der Waals surface area (Å²) in [5, 5.41) is 0.606. The summed E-state index contributed by atoms with van der Waals surface area (Å²) in [7, 11) is 0. The number of hydrogen-bond acceptors (Lipinski definition) is 4. The monoisotopic (exact) mass is 392 g/mol. The van der Waals surface area contributed by atoms with Gasteiger partial charge in [0.1, 0.15) is 0 Å². The molecule has 0 bridgehead atoms. The zero-order valence-corrected chi connectivity index (χ0v) is 16.0. The summed E-state index contributed by atoms with van der Waals surface area (Å²) in [5.74, 6) is -0.318. The Balaban J connectivity index is 1.44. The molecule has 0 radical (unpaired) electrons. The van der Waals surface area contributed by atoms with Crippen molar-refractivity contribution in [2.75, 3.05) is 45.8 Å². The first kappa shape index (κ1) is 19.6. The highest BCUT2D eigenvalue weighted by Gasteiger charge is 2.28. The molecule has 2 fully saturated rings. The molecule has 0 aromatic heterocycles. The van der Waals surface area contributed by atoms with Crippen LogP contribution < -0.4 is 5.73 Å². The van der Waals surface area contributed by atoms with E-state index in [4.69, 9.17) is 17.3 Å². The van der Waals surface area contributed by atoms with Gasteiger partial charge in [-0.2, -0.15) is 0 Å². The molecule has 2 aliphatic rings. The van der Waals surface area contributed by atoms with Crippen LogP contribution in [0.25, 0.3) is 0 Å². The van der Waals surface area contributed by atoms with Crippen LogP contribution in [0.4, 0.5) is 0 Å². The molecule has 2 heterocycles. The highest BCUT2D eigenvalue weighted by Crippen LogP contribution is 2.17. The first-order valence-electron chi connectivity index (χ1n) is 9.28. The van der Waals surface area contributed by atoms with Crippen molar-refractivity contribution in [1.82, 2.24) is 14.7 Å². The molecule has 2 saturated heterocycles. The highest BCUT2D eigenvalue weighted by molar-refractivity contribution is 6.30. The second-order valence-electron chi connectivity index (χ2n) is 7.13. The van der Waals surface area contributed by atoms with Gasteiger partial charge >= 0.3 is 0 Å². The molecule has 1 aromatic rings. The minimum Gasteiger partial charge on any atom is -0.369 e. The number of carbonyl (C=O) groups is 3. The van der Waals surface area contributed by atoms with Crippen molar-refractivity contribution < 1.29 is 14.4 Å². The summed E-state index contributed by atoms with van der Waals surface area (Å²) >= 11 is 5.87. The first-order chi connectivity index (χ1) is 12.9. The number of amides is 3. The molecule has 3 amide bonds. The van der Waals surface area contributed by atoms with Gasteiger partial charge in [0, 0.05) is 55.8 Å². The van der Waals surface area contributed by atoms with Crippen molar-refractivity contribution in [1.29, 1.82) is 0 Å². The third-order valence-electron chi connectivity index (χ3n) is 5.36. The van der Waals surface area contributed by atoms with E-state index in [2.05, 4.69) is 4.90 Å². The fraction of sp³-hybridized carbons (Fsp3) is 0.526. The van der Waals surface area contributed by atoms with E-state index >= 15 is 0 Å². The van der Waals surface area contributed by atoms with Crippen LogP contribution in [0.2, 0.25) is 5.02 Å². The van der Waals surface area contributed by atoms with E-state index in [0.717, 1.165) is 0 Å². The Kier molecular flexibility index (Phi) is 6.34. The quantitative estimate of drug-likeness (QED) is 0.821. The van der Waals surface area contributed by atoms with Gasteiger partial charge in [0.15, 0.2) is 0 Å². The minimum atomic E-state index is -0.274. The second-order valence-corrected chi connectivity index (χ2v) is 7.57. The number of primary amides is 1. The van der Waals surface area contributed by atoms with E-state index in [-0.39, 0.29) is 23.6 Å². The van der Waals surface area contributed by atoms with Gasteiger partial charge in [-0.3, -0.25) is 19.3 Å². The van der Waals surface area contributed by atoms with E-state index in [0.29, 0.717) is 69.2 Å². The Bertz CT molecular complexity index is 693. The lowest BCUT2D eigenvalue weighted by molar-refractivity contribution is -0.136. The maximum Gasteiger partial charge on any atom is 0.253 e. The summed E-state index contributed by atoms with van der Waals surface area (Å²) in [6.45, 7) is 4.05. The van der Waals surface area contributed by atoms with Crippen molar-refractivity contribution in [3.05, 3.63) is 34.9 Å². The normalized spacial score (nSPS) is 19.1. The maximum atomic E-state index is 12.5. The molecule has 1 aromatic carbocycles. The number of nitrogens with two attached hydrogens (primary N) is 1. The van der Waals surface area contributed by atoms with Crippen molar-refractivity contribution >= 4 is 29.3 Å². The lowest BCUT2D eigenvalue weighted by atomic mass is 9.96. The number of piperazine rings is 1. The third-order valence-corrected chi connectivity index (χ3v) is 5.61. The van der Waals surface area contributed by atoms with E-state index in [1.54, 1.807) is 24.3 Å². The molecule has 146 valence electrons. The molecule has 0 spiro atoms. The van der Waals surface area contributed by atoms with Crippen molar-refractivity contribution in [2.45, 2.75) is 12.8 Å². The van der Waals surface area contributed by atoms with Crippen molar-refractivity contribution in [3.63, 3.8) is 0 Å². The standard InChI is InChI=1S/C19H25ClN4O3/c20-16-3-1-15(2-4-16)19(27)24-11-9-22(10-12-24)13-17(25)23-7-5-14(6-8-23)18(21)26/h1-4,14H,5-13H2,(H2,21,26). The molecule has 3 rings (SSSR count). The zero-order chi connectivity index (χ0) is 19.4. The number of halogens is 1. The first-order valence-corrected chi connectivity index (χ1v) is 9.66. The van der Waals surface area contributed by atoms with E-state index < -0.39 is 0 Å². The lowest BCUT2D eigenvalue weighted by Gasteiger charge is -2.36. The zero-order valence-electron chi connectivity index (χ0n) is 15.3. The molecule has 0 saturated carbocycles. The lowest BCUT2D eigenvalue weighted by Crippen LogP contribution is -2.52. The summed E-state index contributed by atoms with van der Waals surface area (Å²) in [6.07, 6.45) is 1.29. The van der Waals surface area contributed by atoms with Gasteiger partial charge in [0.2, 0.25) is 11.8 Å². The Hall–Kier alpha value is -2.12. The third kappa shape index (κ3) is 4.99. The van der Waals surface area contributed by atoms with Crippen LogP contribution in [0.5, 0.6) is 0 Å². The Labute approximate surface area is 164 Å². The second kappa shape index (κ2) is 8.71. The molecule has 0 aliphatic carbocycles. The topological polar surface area (TPSA) is 86.9 Å². The van der Waals surface area contributed by atoms with Crippen LogP contribution in [0.3, 0.4) is 0 Å².